The summed E-state index contributed by atoms with van der Waals surface area (Å²) < 4.78 is 7.34. The summed E-state index contributed by atoms with van der Waals surface area (Å²) >= 11 is 0. The number of nitrogens with one attached hydrogen (secondary N) is 2. The van der Waals surface area contributed by atoms with E-state index in [9.17, 15) is 9.59 Å². The summed E-state index contributed by atoms with van der Waals surface area (Å²) in [7, 11) is 0. The lowest BCUT2D eigenvalue weighted by Crippen LogP contribution is -2.51. The van der Waals surface area contributed by atoms with Crippen molar-refractivity contribution in [3.8, 4) is 0 Å². The highest BCUT2D eigenvalue weighted by atomic mass is 16.6. The first kappa shape index (κ1) is 21.7. The van der Waals surface area contributed by atoms with Gasteiger partial charge < -0.3 is 19.8 Å². The molecule has 0 aliphatic carbocycles. The van der Waals surface area contributed by atoms with Gasteiger partial charge in [0.2, 0.25) is 5.91 Å². The van der Waals surface area contributed by atoms with Crippen LogP contribution in [0.15, 0.2) is 30.6 Å². The molecular formula is C21H32N4O3. The van der Waals surface area contributed by atoms with Gasteiger partial charge in [-0.05, 0) is 45.2 Å². The van der Waals surface area contributed by atoms with Gasteiger partial charge in [0.25, 0.3) is 0 Å². The van der Waals surface area contributed by atoms with Gasteiger partial charge in [0.1, 0.15) is 17.5 Å². The van der Waals surface area contributed by atoms with Crippen molar-refractivity contribution < 1.29 is 14.3 Å². The summed E-state index contributed by atoms with van der Waals surface area (Å²) in [4.78, 5) is 29.1. The zero-order valence-corrected chi connectivity index (χ0v) is 17.5. The molecule has 2 heterocycles. The van der Waals surface area contributed by atoms with Crippen molar-refractivity contribution in [1.82, 2.24) is 20.0 Å². The predicted octanol–water partition coefficient (Wildman–Crippen LogP) is 3.32. The van der Waals surface area contributed by atoms with Gasteiger partial charge in [-0.3, -0.25) is 4.79 Å². The average Bonchev–Trinajstić information content (AvgIpc) is 3.04. The topological polar surface area (TPSA) is 84.7 Å². The van der Waals surface area contributed by atoms with Crippen LogP contribution >= 0.6 is 0 Å². The van der Waals surface area contributed by atoms with Gasteiger partial charge in [-0.15, -0.1) is 0 Å². The first-order valence-corrected chi connectivity index (χ1v) is 9.89. The van der Waals surface area contributed by atoms with E-state index in [1.54, 1.807) is 20.8 Å². The predicted molar refractivity (Wildman–Crippen MR) is 109 cm³/mol. The van der Waals surface area contributed by atoms with Gasteiger partial charge in [-0.25, -0.2) is 9.78 Å². The van der Waals surface area contributed by atoms with Gasteiger partial charge in [-0.1, -0.05) is 26.3 Å². The monoisotopic (exact) mass is 388 g/mol. The van der Waals surface area contributed by atoms with Crippen molar-refractivity contribution in [1.29, 1.82) is 0 Å². The molecule has 0 saturated carbocycles. The molecule has 2 unspecified atom stereocenters. The van der Waals surface area contributed by atoms with E-state index in [0.717, 1.165) is 30.6 Å². The molecule has 154 valence electrons. The minimum atomic E-state index is -0.618. The Balaban J connectivity index is 1.86. The van der Waals surface area contributed by atoms with Crippen molar-refractivity contribution in [2.75, 3.05) is 6.54 Å². The molecular weight excluding hydrogens is 356 g/mol. The van der Waals surface area contributed by atoms with Crippen LogP contribution in [0.1, 0.15) is 53.3 Å². The number of alkyl carbamates (subject to hydrolysis) is 1. The fourth-order valence-corrected chi connectivity index (χ4v) is 2.89. The van der Waals surface area contributed by atoms with E-state index in [0.29, 0.717) is 6.54 Å². The number of rotatable bonds is 8. The number of imidazole rings is 1. The van der Waals surface area contributed by atoms with Crippen LogP contribution < -0.4 is 10.6 Å². The first-order valence-electron chi connectivity index (χ1n) is 9.89. The number of carbonyl (C=O) groups is 2. The summed E-state index contributed by atoms with van der Waals surface area (Å²) in [5.41, 5.74) is 0.452. The maximum atomic E-state index is 12.6. The van der Waals surface area contributed by atoms with Crippen LogP contribution in [0.2, 0.25) is 0 Å². The fourth-order valence-electron chi connectivity index (χ4n) is 2.89. The van der Waals surface area contributed by atoms with Crippen LogP contribution in [0.5, 0.6) is 0 Å². The summed E-state index contributed by atoms with van der Waals surface area (Å²) in [6.45, 7) is 9.84. The summed E-state index contributed by atoms with van der Waals surface area (Å²) in [6, 6.07) is 5.34. The quantitative estimate of drug-likeness (QED) is 0.680. The van der Waals surface area contributed by atoms with Crippen molar-refractivity contribution in [2.45, 2.75) is 65.5 Å². The third kappa shape index (κ3) is 6.25. The van der Waals surface area contributed by atoms with Crippen molar-refractivity contribution in [2.24, 2.45) is 5.92 Å². The van der Waals surface area contributed by atoms with Crippen molar-refractivity contribution in [3.63, 3.8) is 0 Å². The summed E-state index contributed by atoms with van der Waals surface area (Å²) in [6.07, 6.45) is 5.55. The second-order valence-corrected chi connectivity index (χ2v) is 8.07. The molecule has 2 aromatic rings. The molecule has 2 rings (SSSR count). The second-order valence-electron chi connectivity index (χ2n) is 8.07. The van der Waals surface area contributed by atoms with E-state index >= 15 is 0 Å². The molecule has 2 aromatic heterocycles. The largest absolute Gasteiger partial charge is 0.444 e. The molecule has 0 aliphatic heterocycles. The Hall–Kier alpha value is -2.57. The molecule has 7 nitrogen and oxygen atoms in total. The highest BCUT2D eigenvalue weighted by molar-refractivity contribution is 5.85. The maximum absolute atomic E-state index is 12.6. The second kappa shape index (κ2) is 9.57. The minimum absolute atomic E-state index is 0.00348. The van der Waals surface area contributed by atoms with E-state index in [2.05, 4.69) is 15.6 Å². The first-order chi connectivity index (χ1) is 13.2. The molecule has 2 N–H and O–H groups in total. The third-order valence-electron chi connectivity index (χ3n) is 4.56. The zero-order chi connectivity index (χ0) is 20.7. The molecule has 2 amide bonds. The molecule has 0 aliphatic rings. The van der Waals surface area contributed by atoms with Gasteiger partial charge in [0.15, 0.2) is 0 Å². The molecule has 0 radical (unpaired) electrons. The van der Waals surface area contributed by atoms with E-state index in [1.165, 1.54) is 0 Å². The minimum Gasteiger partial charge on any atom is -0.444 e. The number of ether oxygens (including phenoxy) is 1. The number of aryl methyl sites for hydroxylation is 1. The van der Waals surface area contributed by atoms with Crippen LogP contribution in [-0.2, 0) is 16.0 Å². The Kier molecular flexibility index (Phi) is 7.43. The van der Waals surface area contributed by atoms with E-state index < -0.39 is 17.7 Å². The molecule has 0 fully saturated rings. The van der Waals surface area contributed by atoms with Gasteiger partial charge in [-0.2, -0.15) is 0 Å². The lowest BCUT2D eigenvalue weighted by Gasteiger charge is -2.26. The molecule has 0 aromatic carbocycles. The van der Waals surface area contributed by atoms with Gasteiger partial charge >= 0.3 is 6.09 Å². The summed E-state index contributed by atoms with van der Waals surface area (Å²) in [5, 5.41) is 5.64. The number of pyridine rings is 1. The number of fused-ring (bicyclic) bond motifs is 1. The Morgan fingerprint density at radius 3 is 2.71 bits per heavy atom. The maximum Gasteiger partial charge on any atom is 0.408 e. The van der Waals surface area contributed by atoms with Gasteiger partial charge in [0.05, 0.1) is 11.7 Å². The third-order valence-corrected chi connectivity index (χ3v) is 4.56. The fraction of sp³-hybridized carbons (Fsp3) is 0.571. The van der Waals surface area contributed by atoms with Crippen LogP contribution in [-0.4, -0.2) is 39.6 Å². The lowest BCUT2D eigenvalue weighted by molar-refractivity contribution is -0.124. The average molecular weight is 389 g/mol. The van der Waals surface area contributed by atoms with Crippen molar-refractivity contribution >= 4 is 17.5 Å². The Morgan fingerprint density at radius 1 is 1.29 bits per heavy atom. The molecule has 0 bridgehead atoms. The number of nitrogens with zero attached hydrogens (tertiary/aromatic N) is 2. The van der Waals surface area contributed by atoms with Crippen molar-refractivity contribution in [3.05, 3.63) is 36.4 Å². The molecule has 7 heteroatoms. The Morgan fingerprint density at radius 2 is 2.04 bits per heavy atom. The van der Waals surface area contributed by atoms with E-state index in [1.807, 2.05) is 48.8 Å². The molecule has 0 saturated heterocycles. The van der Waals surface area contributed by atoms with E-state index in [4.69, 9.17) is 4.74 Å². The standard InChI is InChI=1S/C21H32N4O3/c1-6-15(2)18(24-20(27)28-21(3,4)5)19(26)22-12-9-11-17-23-14-16-10-7-8-13-25(16)17/h7-8,10,13-15,18H,6,9,11-12H2,1-5H3,(H,22,26)(H,24,27). The lowest BCUT2D eigenvalue weighted by atomic mass is 9.98. The normalized spacial score (nSPS) is 13.8. The molecule has 28 heavy (non-hydrogen) atoms. The van der Waals surface area contributed by atoms with Crippen LogP contribution in [0.3, 0.4) is 0 Å². The SMILES string of the molecule is CCC(C)C(NC(=O)OC(C)(C)C)C(=O)NCCCc1ncc2ccccn12. The Bertz CT molecular complexity index is 794. The van der Waals surface area contributed by atoms with E-state index in [-0.39, 0.29) is 11.8 Å². The highest BCUT2D eigenvalue weighted by Gasteiger charge is 2.27. The number of carbonyl (C=O) groups excluding carboxylic acids is 2. The molecule has 0 spiro atoms. The van der Waals surface area contributed by atoms with Crippen LogP contribution in [0.4, 0.5) is 4.79 Å². The summed E-state index contributed by atoms with van der Waals surface area (Å²) in [5.74, 6) is 0.784. The number of hydrogen-bond acceptors (Lipinski definition) is 4. The highest BCUT2D eigenvalue weighted by Crippen LogP contribution is 2.12. The van der Waals surface area contributed by atoms with Gasteiger partial charge in [0, 0.05) is 19.2 Å². The molecule has 2 atom stereocenters. The number of hydrogen-bond donors (Lipinski definition) is 2. The zero-order valence-electron chi connectivity index (χ0n) is 17.5. The smallest absolute Gasteiger partial charge is 0.408 e. The Labute approximate surface area is 166 Å². The van der Waals surface area contributed by atoms with Crippen LogP contribution in [0.25, 0.3) is 5.52 Å². The van der Waals surface area contributed by atoms with Crippen LogP contribution in [0, 0.1) is 5.92 Å². The number of aromatic nitrogens is 2. The number of amides is 2.